The molecule has 0 radical (unpaired) electrons. The van der Waals surface area contributed by atoms with E-state index in [0.717, 1.165) is 55.5 Å². The van der Waals surface area contributed by atoms with Crippen LogP contribution in [0.3, 0.4) is 0 Å². The van der Waals surface area contributed by atoms with Crippen LogP contribution in [0, 0.1) is 0 Å². The highest BCUT2D eigenvalue weighted by Gasteiger charge is 2.28. The van der Waals surface area contributed by atoms with E-state index in [4.69, 9.17) is 16.6 Å². The molecule has 264 valence electrons. The van der Waals surface area contributed by atoms with Gasteiger partial charge in [0.25, 0.3) is 21.8 Å². The van der Waals surface area contributed by atoms with Gasteiger partial charge in [0, 0.05) is 52.4 Å². The molecule has 0 unspecified atom stereocenters. The highest BCUT2D eigenvalue weighted by Crippen LogP contribution is 2.34. The molecule has 0 fully saturated rings. The van der Waals surface area contributed by atoms with Gasteiger partial charge in [0.05, 0.1) is 10.6 Å². The van der Waals surface area contributed by atoms with E-state index in [1.54, 1.807) is 35.2 Å². The lowest BCUT2D eigenvalue weighted by Crippen LogP contribution is -2.36. The zero-order valence-electron chi connectivity index (χ0n) is 28.7. The number of hydrogen-bond donors (Lipinski definition) is 1. The molecule has 11 heteroatoms. The van der Waals surface area contributed by atoms with Crippen molar-refractivity contribution in [3.63, 3.8) is 0 Å². The fourth-order valence-electron chi connectivity index (χ4n) is 6.35. The minimum absolute atomic E-state index is 0.0340. The number of aromatic nitrogens is 1. The molecular weight excluding hydrogens is 748 g/mol. The standard InChI is InChI=1S/C40H40BrClN4O4S/c1-3-5-20-45(21-6-4-2)37-18-17-36(41)38(43-37)34-16-13-29(25-35(34)40(48)46-22-19-27-9-7-8-10-30(27)26-46)39(47)44-51(49,50)33-15-12-28-11-14-32(42)23-31(28)24-33/h7-18,23-25H,3-6,19-22,26H2,1-2H3,(H,44,47). The van der Waals surface area contributed by atoms with Crippen LogP contribution in [0.2, 0.25) is 5.02 Å². The van der Waals surface area contributed by atoms with Crippen LogP contribution in [0.15, 0.2) is 100 Å². The molecule has 1 aromatic heterocycles. The average molecular weight is 788 g/mol. The summed E-state index contributed by atoms with van der Waals surface area (Å²) in [6.07, 6.45) is 4.86. The second-order valence-corrected chi connectivity index (χ2v) is 15.8. The molecule has 0 saturated carbocycles. The average Bonchev–Trinajstić information content (AvgIpc) is 3.14. The third-order valence-electron chi connectivity index (χ3n) is 9.21. The minimum atomic E-state index is -4.26. The van der Waals surface area contributed by atoms with Gasteiger partial charge in [0.1, 0.15) is 5.82 Å². The molecule has 0 aliphatic carbocycles. The lowest BCUT2D eigenvalue weighted by atomic mass is 9.96. The van der Waals surface area contributed by atoms with Crippen molar-refractivity contribution in [3.8, 4) is 11.3 Å². The molecule has 4 aromatic carbocycles. The van der Waals surface area contributed by atoms with E-state index in [1.807, 2.05) is 30.3 Å². The summed E-state index contributed by atoms with van der Waals surface area (Å²) in [5.74, 6) is -0.307. The third-order valence-corrected chi connectivity index (χ3v) is 11.4. The highest BCUT2D eigenvalue weighted by atomic mass is 79.9. The number of benzene rings is 4. The van der Waals surface area contributed by atoms with Crippen LogP contribution in [0.4, 0.5) is 5.82 Å². The molecule has 1 N–H and O–H groups in total. The Kier molecular flexibility index (Phi) is 11.4. The van der Waals surface area contributed by atoms with Gasteiger partial charge in [-0.05, 0) is 106 Å². The van der Waals surface area contributed by atoms with Gasteiger partial charge in [-0.3, -0.25) is 9.59 Å². The predicted molar refractivity (Wildman–Crippen MR) is 208 cm³/mol. The predicted octanol–water partition coefficient (Wildman–Crippen LogP) is 9.04. The zero-order valence-corrected chi connectivity index (χ0v) is 31.8. The molecule has 2 amide bonds. The Morgan fingerprint density at radius 1 is 0.882 bits per heavy atom. The van der Waals surface area contributed by atoms with Gasteiger partial charge >= 0.3 is 0 Å². The Balaban J connectivity index is 1.38. The van der Waals surface area contributed by atoms with E-state index in [9.17, 15) is 18.0 Å². The number of anilines is 1. The van der Waals surface area contributed by atoms with Gasteiger partial charge in [0.2, 0.25) is 0 Å². The van der Waals surface area contributed by atoms with Crippen LogP contribution in [0.5, 0.6) is 0 Å². The lowest BCUT2D eigenvalue weighted by Gasteiger charge is -2.30. The van der Waals surface area contributed by atoms with Crippen LogP contribution in [0.25, 0.3) is 22.0 Å². The van der Waals surface area contributed by atoms with E-state index in [-0.39, 0.29) is 21.9 Å². The number of carbonyl (C=O) groups excluding carboxylic acids is 2. The van der Waals surface area contributed by atoms with Gasteiger partial charge in [-0.15, -0.1) is 0 Å². The van der Waals surface area contributed by atoms with Gasteiger partial charge in [-0.2, -0.15) is 0 Å². The van der Waals surface area contributed by atoms with Crippen molar-refractivity contribution in [2.45, 2.75) is 57.4 Å². The molecule has 1 aliphatic rings. The maximum Gasteiger partial charge on any atom is 0.265 e. The topological polar surface area (TPSA) is 99.7 Å². The summed E-state index contributed by atoms with van der Waals surface area (Å²) in [4.78, 5) is 37.2. The molecule has 1 aliphatic heterocycles. The van der Waals surface area contributed by atoms with Gasteiger partial charge in [0.15, 0.2) is 0 Å². The highest BCUT2D eigenvalue weighted by molar-refractivity contribution is 9.10. The summed E-state index contributed by atoms with van der Waals surface area (Å²) >= 11 is 9.83. The van der Waals surface area contributed by atoms with E-state index in [2.05, 4.69) is 45.5 Å². The number of rotatable bonds is 12. The Morgan fingerprint density at radius 3 is 2.35 bits per heavy atom. The van der Waals surface area contributed by atoms with E-state index >= 15 is 0 Å². The quantitative estimate of drug-likeness (QED) is 0.136. The minimum Gasteiger partial charge on any atom is -0.357 e. The molecule has 0 atom stereocenters. The molecule has 8 nitrogen and oxygen atoms in total. The van der Waals surface area contributed by atoms with Crippen molar-refractivity contribution < 1.29 is 18.0 Å². The van der Waals surface area contributed by atoms with Crippen LogP contribution in [0.1, 0.15) is 71.4 Å². The zero-order chi connectivity index (χ0) is 36.1. The summed E-state index contributed by atoms with van der Waals surface area (Å²) in [5.41, 5.74) is 3.68. The molecular formula is C40H40BrClN4O4S. The van der Waals surface area contributed by atoms with Crippen LogP contribution in [-0.2, 0) is 23.0 Å². The monoisotopic (exact) mass is 786 g/mol. The van der Waals surface area contributed by atoms with Crippen LogP contribution < -0.4 is 9.62 Å². The number of nitrogens with zero attached hydrogens (tertiary/aromatic N) is 3. The summed E-state index contributed by atoms with van der Waals surface area (Å²) in [7, 11) is -4.26. The number of nitrogens with one attached hydrogen (secondary N) is 1. The largest absolute Gasteiger partial charge is 0.357 e. The summed E-state index contributed by atoms with van der Waals surface area (Å²) in [6, 6.07) is 26.5. The number of halogens is 2. The number of carbonyl (C=O) groups is 2. The van der Waals surface area contributed by atoms with E-state index in [1.165, 1.54) is 29.8 Å². The number of amides is 2. The van der Waals surface area contributed by atoms with Crippen molar-refractivity contribution in [1.82, 2.24) is 14.6 Å². The molecule has 0 bridgehead atoms. The first kappa shape index (κ1) is 36.5. The lowest BCUT2D eigenvalue weighted by molar-refractivity contribution is 0.0735. The van der Waals surface area contributed by atoms with Crippen LogP contribution in [-0.4, -0.2) is 49.8 Å². The Labute approximate surface area is 313 Å². The fourth-order valence-corrected chi connectivity index (χ4v) is 7.97. The molecule has 0 saturated heterocycles. The van der Waals surface area contributed by atoms with Crippen molar-refractivity contribution in [2.75, 3.05) is 24.5 Å². The first-order valence-corrected chi connectivity index (χ1v) is 19.9. The van der Waals surface area contributed by atoms with E-state index in [0.29, 0.717) is 45.6 Å². The molecule has 5 aromatic rings. The second kappa shape index (κ2) is 16.0. The number of pyridine rings is 1. The first-order chi connectivity index (χ1) is 24.6. The number of sulfonamides is 1. The molecule has 51 heavy (non-hydrogen) atoms. The van der Waals surface area contributed by atoms with Crippen molar-refractivity contribution in [2.24, 2.45) is 0 Å². The van der Waals surface area contributed by atoms with Gasteiger partial charge < -0.3 is 9.80 Å². The molecule has 6 rings (SSSR count). The van der Waals surface area contributed by atoms with Crippen molar-refractivity contribution >= 4 is 66.0 Å². The maximum atomic E-state index is 14.5. The SMILES string of the molecule is CCCCN(CCCC)c1ccc(Br)c(-c2ccc(C(=O)NS(=O)(=O)c3ccc4ccc(Cl)cc4c3)cc2C(=O)N2CCc3ccccc3C2)n1. The fraction of sp³-hybridized carbons (Fsp3) is 0.275. The molecule has 0 spiro atoms. The Bertz CT molecular complexity index is 2200. The Morgan fingerprint density at radius 2 is 1.61 bits per heavy atom. The Hall–Kier alpha value is -4.25. The summed E-state index contributed by atoms with van der Waals surface area (Å²) < 4.78 is 29.8. The normalized spacial score (nSPS) is 12.8. The van der Waals surface area contributed by atoms with E-state index < -0.39 is 15.9 Å². The third kappa shape index (κ3) is 8.29. The van der Waals surface area contributed by atoms with Crippen molar-refractivity contribution in [3.05, 3.63) is 123 Å². The number of fused-ring (bicyclic) bond motifs is 2. The maximum absolute atomic E-state index is 14.5. The van der Waals surface area contributed by atoms with Gasteiger partial charge in [-0.1, -0.05) is 80.8 Å². The van der Waals surface area contributed by atoms with Gasteiger partial charge in [-0.25, -0.2) is 18.1 Å². The second-order valence-electron chi connectivity index (χ2n) is 12.8. The smallest absolute Gasteiger partial charge is 0.265 e. The summed E-state index contributed by atoms with van der Waals surface area (Å²) in [5, 5.41) is 1.91. The summed E-state index contributed by atoms with van der Waals surface area (Å²) in [6.45, 7) is 6.97. The van der Waals surface area contributed by atoms with Crippen LogP contribution >= 0.6 is 27.5 Å². The first-order valence-electron chi connectivity index (χ1n) is 17.3. The van der Waals surface area contributed by atoms with Crippen molar-refractivity contribution in [1.29, 1.82) is 0 Å². The number of unbranched alkanes of at least 4 members (excludes halogenated alkanes) is 2. The molecule has 2 heterocycles. The number of hydrogen-bond acceptors (Lipinski definition) is 6.